The third-order valence-corrected chi connectivity index (χ3v) is 5.18. The summed E-state index contributed by atoms with van der Waals surface area (Å²) in [6.45, 7) is 2.64. The lowest BCUT2D eigenvalue weighted by Crippen LogP contribution is -2.30. The molecule has 1 amide bonds. The molecular weight excluding hydrogens is 352 g/mol. The van der Waals surface area contributed by atoms with E-state index >= 15 is 0 Å². The molecule has 1 aliphatic rings. The number of aromatic nitrogens is 4. The van der Waals surface area contributed by atoms with Gasteiger partial charge in [-0.05, 0) is 30.2 Å². The van der Waals surface area contributed by atoms with Gasteiger partial charge in [-0.1, -0.05) is 30.3 Å². The molecule has 0 saturated carbocycles. The number of H-pyrrole nitrogens is 2. The number of nitrogens with one attached hydrogen (secondary N) is 3. The summed E-state index contributed by atoms with van der Waals surface area (Å²) in [6, 6.07) is 15.9. The van der Waals surface area contributed by atoms with Crippen molar-refractivity contribution in [3.05, 3.63) is 77.2 Å². The van der Waals surface area contributed by atoms with Crippen LogP contribution in [0.25, 0.3) is 11.0 Å². The fourth-order valence-electron chi connectivity index (χ4n) is 3.71. The third-order valence-electron chi connectivity index (χ3n) is 5.18. The molecule has 0 aliphatic carbocycles. The van der Waals surface area contributed by atoms with Crippen molar-refractivity contribution < 1.29 is 4.79 Å². The molecule has 5 rings (SSSR count). The molecule has 140 valence electrons. The van der Waals surface area contributed by atoms with Crippen LogP contribution >= 0.6 is 0 Å². The number of imidazole rings is 1. The summed E-state index contributed by atoms with van der Waals surface area (Å²) in [5.41, 5.74) is 5.73. The molecule has 2 aromatic carbocycles. The Bertz CT molecular complexity index is 1130. The Morgan fingerprint density at radius 2 is 2.07 bits per heavy atom. The van der Waals surface area contributed by atoms with Gasteiger partial charge in [0.1, 0.15) is 0 Å². The van der Waals surface area contributed by atoms with Crippen molar-refractivity contribution in [2.75, 3.05) is 11.9 Å². The van der Waals surface area contributed by atoms with Crippen LogP contribution in [0.2, 0.25) is 0 Å². The van der Waals surface area contributed by atoms with Gasteiger partial charge < -0.3 is 10.3 Å². The first-order valence-corrected chi connectivity index (χ1v) is 9.33. The number of amides is 1. The van der Waals surface area contributed by atoms with Gasteiger partial charge in [-0.15, -0.1) is 0 Å². The number of carbonyl (C=O) groups is 1. The number of anilines is 1. The number of benzene rings is 2. The second-order valence-corrected chi connectivity index (χ2v) is 7.06. The van der Waals surface area contributed by atoms with E-state index in [4.69, 9.17) is 0 Å². The van der Waals surface area contributed by atoms with E-state index in [0.717, 1.165) is 48.3 Å². The van der Waals surface area contributed by atoms with Gasteiger partial charge in [-0.2, -0.15) is 5.10 Å². The van der Waals surface area contributed by atoms with Gasteiger partial charge in [0.15, 0.2) is 5.82 Å². The predicted octanol–water partition coefficient (Wildman–Crippen LogP) is 3.10. The minimum Gasteiger partial charge on any atom is -0.345 e. The molecule has 7 heteroatoms. The van der Waals surface area contributed by atoms with E-state index in [0.29, 0.717) is 11.4 Å². The fourth-order valence-corrected chi connectivity index (χ4v) is 3.71. The van der Waals surface area contributed by atoms with Crippen molar-refractivity contribution in [1.82, 2.24) is 25.1 Å². The third kappa shape index (κ3) is 3.16. The predicted molar refractivity (Wildman–Crippen MR) is 107 cm³/mol. The van der Waals surface area contributed by atoms with Gasteiger partial charge in [0, 0.05) is 30.8 Å². The molecular formula is C21H20N6O. The van der Waals surface area contributed by atoms with E-state index in [1.54, 1.807) is 18.5 Å². The first kappa shape index (κ1) is 16.7. The first-order valence-electron chi connectivity index (χ1n) is 9.33. The average molecular weight is 372 g/mol. The lowest BCUT2D eigenvalue weighted by molar-refractivity contribution is 0.102. The second-order valence-electron chi connectivity index (χ2n) is 7.06. The minimum atomic E-state index is -0.169. The van der Waals surface area contributed by atoms with Crippen LogP contribution in [0, 0.1) is 0 Å². The molecule has 4 aromatic rings. The summed E-state index contributed by atoms with van der Waals surface area (Å²) in [5.74, 6) is 0.460. The van der Waals surface area contributed by atoms with Crippen molar-refractivity contribution in [3.8, 4) is 0 Å². The number of fused-ring (bicyclic) bond motifs is 2. The van der Waals surface area contributed by atoms with Gasteiger partial charge in [-0.25, -0.2) is 4.98 Å². The Labute approximate surface area is 161 Å². The van der Waals surface area contributed by atoms with Crippen LogP contribution in [0.5, 0.6) is 0 Å². The number of hydrogen-bond donors (Lipinski definition) is 3. The number of nitrogens with zero attached hydrogens (tertiary/aromatic N) is 3. The maximum Gasteiger partial charge on any atom is 0.256 e. The second kappa shape index (κ2) is 6.94. The average Bonchev–Trinajstić information content (AvgIpc) is 3.35. The molecule has 0 spiro atoms. The molecule has 0 radical (unpaired) electrons. The van der Waals surface area contributed by atoms with Crippen molar-refractivity contribution in [1.29, 1.82) is 0 Å². The molecule has 7 nitrogen and oxygen atoms in total. The standard InChI is InChI=1S/C21H20N6O/c28-21(15-6-7-17-18(10-15)23-13-22-17)24-20-16-8-9-27(12-19(16)25-26-20)11-14-4-2-1-3-5-14/h1-7,10,13H,8-9,11-12H2,(H,22,23)(H2,24,25,26,28). The Balaban J connectivity index is 1.30. The monoisotopic (exact) mass is 372 g/mol. The lowest BCUT2D eigenvalue weighted by atomic mass is 10.1. The Morgan fingerprint density at radius 3 is 2.96 bits per heavy atom. The van der Waals surface area contributed by atoms with Crippen LogP contribution in [-0.4, -0.2) is 37.5 Å². The normalized spacial score (nSPS) is 14.1. The Kier molecular flexibility index (Phi) is 4.14. The molecule has 3 N–H and O–H groups in total. The Morgan fingerprint density at radius 1 is 1.18 bits per heavy atom. The highest BCUT2D eigenvalue weighted by molar-refractivity contribution is 6.05. The maximum atomic E-state index is 12.7. The molecule has 1 aliphatic heterocycles. The van der Waals surface area contributed by atoms with Gasteiger partial charge in [0.2, 0.25) is 0 Å². The van der Waals surface area contributed by atoms with E-state index in [-0.39, 0.29) is 5.91 Å². The van der Waals surface area contributed by atoms with Crippen LogP contribution in [-0.2, 0) is 19.5 Å². The van der Waals surface area contributed by atoms with Crippen LogP contribution in [0.3, 0.4) is 0 Å². The molecule has 0 atom stereocenters. The summed E-state index contributed by atoms with van der Waals surface area (Å²) in [7, 11) is 0. The highest BCUT2D eigenvalue weighted by Crippen LogP contribution is 2.25. The van der Waals surface area contributed by atoms with Crippen molar-refractivity contribution in [2.24, 2.45) is 0 Å². The van der Waals surface area contributed by atoms with Gasteiger partial charge in [0.25, 0.3) is 5.91 Å². The first-order chi connectivity index (χ1) is 13.8. The van der Waals surface area contributed by atoms with Crippen LogP contribution < -0.4 is 5.32 Å². The van der Waals surface area contributed by atoms with Gasteiger partial charge >= 0.3 is 0 Å². The van der Waals surface area contributed by atoms with Crippen LogP contribution in [0.1, 0.15) is 27.2 Å². The highest BCUT2D eigenvalue weighted by atomic mass is 16.1. The molecule has 28 heavy (non-hydrogen) atoms. The zero-order valence-electron chi connectivity index (χ0n) is 15.3. The van der Waals surface area contributed by atoms with E-state index in [1.165, 1.54) is 5.56 Å². The molecule has 0 unspecified atom stereocenters. The summed E-state index contributed by atoms with van der Waals surface area (Å²) in [4.78, 5) is 22.3. The summed E-state index contributed by atoms with van der Waals surface area (Å²) in [6.07, 6.45) is 2.48. The smallest absolute Gasteiger partial charge is 0.256 e. The number of hydrogen-bond acceptors (Lipinski definition) is 4. The van der Waals surface area contributed by atoms with Crippen molar-refractivity contribution in [3.63, 3.8) is 0 Å². The molecule has 2 aromatic heterocycles. The van der Waals surface area contributed by atoms with E-state index in [9.17, 15) is 4.79 Å². The zero-order chi connectivity index (χ0) is 18.9. The quantitative estimate of drug-likeness (QED) is 0.513. The number of aromatic amines is 2. The molecule has 0 bridgehead atoms. The van der Waals surface area contributed by atoms with Gasteiger partial charge in [-0.3, -0.25) is 14.8 Å². The van der Waals surface area contributed by atoms with E-state index in [2.05, 4.69) is 54.6 Å². The minimum absolute atomic E-state index is 0.169. The van der Waals surface area contributed by atoms with Gasteiger partial charge in [0.05, 0.1) is 23.1 Å². The SMILES string of the molecule is O=C(Nc1n[nH]c2c1CCN(Cc1ccccc1)C2)c1ccc2nc[nH]c2c1. The van der Waals surface area contributed by atoms with Crippen LogP contribution in [0.4, 0.5) is 5.82 Å². The zero-order valence-corrected chi connectivity index (χ0v) is 15.3. The topological polar surface area (TPSA) is 89.7 Å². The largest absolute Gasteiger partial charge is 0.345 e. The van der Waals surface area contributed by atoms with E-state index in [1.807, 2.05) is 12.1 Å². The number of rotatable bonds is 4. The Hall–Kier alpha value is -3.45. The fraction of sp³-hybridized carbons (Fsp3) is 0.190. The molecule has 0 saturated heterocycles. The lowest BCUT2D eigenvalue weighted by Gasteiger charge is -2.26. The van der Waals surface area contributed by atoms with E-state index < -0.39 is 0 Å². The van der Waals surface area contributed by atoms with Crippen molar-refractivity contribution >= 4 is 22.8 Å². The van der Waals surface area contributed by atoms with Crippen LogP contribution in [0.15, 0.2) is 54.9 Å². The summed E-state index contributed by atoms with van der Waals surface area (Å²) in [5, 5.41) is 10.4. The summed E-state index contributed by atoms with van der Waals surface area (Å²) >= 11 is 0. The molecule has 0 fully saturated rings. The highest BCUT2D eigenvalue weighted by Gasteiger charge is 2.23. The number of carbonyl (C=O) groups excluding carboxylic acids is 1. The van der Waals surface area contributed by atoms with Crippen molar-refractivity contribution in [2.45, 2.75) is 19.5 Å². The summed E-state index contributed by atoms with van der Waals surface area (Å²) < 4.78 is 0. The maximum absolute atomic E-state index is 12.7. The molecule has 3 heterocycles.